The van der Waals surface area contributed by atoms with Gasteiger partial charge in [-0.3, -0.25) is 0 Å². The van der Waals surface area contributed by atoms with Crippen molar-refractivity contribution in [1.29, 1.82) is 0 Å². The number of nitrogens with two attached hydrogens (primary N) is 1. The van der Waals surface area contributed by atoms with E-state index in [2.05, 4.69) is 12.1 Å². The van der Waals surface area contributed by atoms with Crippen LogP contribution in [0.4, 0.5) is 0 Å². The molecule has 0 bridgehead atoms. The molecular formula is C15H17NO2S. The quantitative estimate of drug-likeness (QED) is 0.936. The SMILES string of the molecule is COc1ccsc1C(N)c1cccc2c1OCCC2. The summed E-state index contributed by atoms with van der Waals surface area (Å²) in [6, 6.07) is 7.99. The van der Waals surface area contributed by atoms with Gasteiger partial charge in [0, 0.05) is 5.56 Å². The van der Waals surface area contributed by atoms with Gasteiger partial charge in [0.1, 0.15) is 11.5 Å². The molecule has 3 nitrogen and oxygen atoms in total. The van der Waals surface area contributed by atoms with Crippen molar-refractivity contribution in [3.8, 4) is 11.5 Å². The zero-order chi connectivity index (χ0) is 13.2. The average Bonchev–Trinajstić information content (AvgIpc) is 2.94. The van der Waals surface area contributed by atoms with Crippen molar-refractivity contribution in [2.75, 3.05) is 13.7 Å². The van der Waals surface area contributed by atoms with E-state index in [1.165, 1.54) is 5.56 Å². The maximum absolute atomic E-state index is 6.41. The summed E-state index contributed by atoms with van der Waals surface area (Å²) in [7, 11) is 1.68. The Morgan fingerprint density at radius 2 is 2.26 bits per heavy atom. The molecule has 1 atom stereocenters. The van der Waals surface area contributed by atoms with E-state index >= 15 is 0 Å². The third-order valence-electron chi connectivity index (χ3n) is 3.46. The fourth-order valence-electron chi connectivity index (χ4n) is 2.51. The van der Waals surface area contributed by atoms with Gasteiger partial charge in [-0.05, 0) is 29.9 Å². The summed E-state index contributed by atoms with van der Waals surface area (Å²) in [4.78, 5) is 1.05. The smallest absolute Gasteiger partial charge is 0.134 e. The van der Waals surface area contributed by atoms with E-state index in [1.54, 1.807) is 18.4 Å². The first-order valence-corrected chi connectivity index (χ1v) is 7.30. The zero-order valence-corrected chi connectivity index (χ0v) is 11.7. The van der Waals surface area contributed by atoms with Crippen LogP contribution in [0.5, 0.6) is 11.5 Å². The number of hydrogen-bond acceptors (Lipinski definition) is 4. The largest absolute Gasteiger partial charge is 0.496 e. The van der Waals surface area contributed by atoms with Crippen molar-refractivity contribution in [2.45, 2.75) is 18.9 Å². The highest BCUT2D eigenvalue weighted by molar-refractivity contribution is 7.10. The second-order valence-corrected chi connectivity index (χ2v) is 5.57. The molecule has 1 aliphatic heterocycles. The van der Waals surface area contributed by atoms with Gasteiger partial charge in [-0.2, -0.15) is 0 Å². The topological polar surface area (TPSA) is 44.5 Å². The Kier molecular flexibility index (Phi) is 3.44. The molecule has 0 saturated carbocycles. The summed E-state index contributed by atoms with van der Waals surface area (Å²) >= 11 is 1.62. The number of rotatable bonds is 3. The fraction of sp³-hybridized carbons (Fsp3) is 0.333. The van der Waals surface area contributed by atoms with Crippen molar-refractivity contribution >= 4 is 11.3 Å². The summed E-state index contributed by atoms with van der Waals surface area (Å²) in [6.45, 7) is 0.776. The van der Waals surface area contributed by atoms with Gasteiger partial charge in [0.2, 0.25) is 0 Å². The number of benzene rings is 1. The lowest BCUT2D eigenvalue weighted by atomic mass is 9.97. The number of para-hydroxylation sites is 1. The number of aryl methyl sites for hydroxylation is 1. The van der Waals surface area contributed by atoms with Crippen LogP contribution >= 0.6 is 11.3 Å². The van der Waals surface area contributed by atoms with Gasteiger partial charge in [-0.15, -0.1) is 11.3 Å². The molecule has 0 amide bonds. The van der Waals surface area contributed by atoms with E-state index in [4.69, 9.17) is 15.2 Å². The van der Waals surface area contributed by atoms with Gasteiger partial charge in [0.15, 0.2) is 0 Å². The molecule has 19 heavy (non-hydrogen) atoms. The first kappa shape index (κ1) is 12.5. The molecule has 2 heterocycles. The minimum atomic E-state index is -0.192. The first-order valence-electron chi connectivity index (χ1n) is 6.43. The van der Waals surface area contributed by atoms with E-state index in [0.29, 0.717) is 0 Å². The monoisotopic (exact) mass is 275 g/mol. The lowest BCUT2D eigenvalue weighted by molar-refractivity contribution is 0.284. The molecular weight excluding hydrogens is 258 g/mol. The van der Waals surface area contributed by atoms with Crippen LogP contribution in [0.1, 0.15) is 28.5 Å². The Hall–Kier alpha value is -1.52. The van der Waals surface area contributed by atoms with Crippen LogP contribution in [0, 0.1) is 0 Å². The summed E-state index contributed by atoms with van der Waals surface area (Å²) in [5.74, 6) is 1.82. The van der Waals surface area contributed by atoms with Gasteiger partial charge in [-0.25, -0.2) is 0 Å². The van der Waals surface area contributed by atoms with E-state index in [1.807, 2.05) is 17.5 Å². The van der Waals surface area contributed by atoms with E-state index < -0.39 is 0 Å². The van der Waals surface area contributed by atoms with Crippen molar-refractivity contribution in [2.24, 2.45) is 5.73 Å². The minimum absolute atomic E-state index is 0.192. The third-order valence-corrected chi connectivity index (χ3v) is 4.44. The molecule has 1 unspecified atom stereocenters. The molecule has 2 N–H and O–H groups in total. The van der Waals surface area contributed by atoms with E-state index in [0.717, 1.165) is 41.4 Å². The summed E-state index contributed by atoms with van der Waals surface area (Å²) < 4.78 is 11.2. The van der Waals surface area contributed by atoms with Gasteiger partial charge in [0.25, 0.3) is 0 Å². The molecule has 1 aromatic carbocycles. The molecule has 0 saturated heterocycles. The molecule has 0 spiro atoms. The minimum Gasteiger partial charge on any atom is -0.496 e. The number of ether oxygens (including phenoxy) is 2. The van der Waals surface area contributed by atoms with Crippen LogP contribution in [0.3, 0.4) is 0 Å². The average molecular weight is 275 g/mol. The highest BCUT2D eigenvalue weighted by atomic mass is 32.1. The Balaban J connectivity index is 2.02. The van der Waals surface area contributed by atoms with Gasteiger partial charge in [0.05, 0.1) is 24.6 Å². The molecule has 0 fully saturated rings. The summed E-state index contributed by atoms with van der Waals surface area (Å²) in [6.07, 6.45) is 2.14. The molecule has 0 aliphatic carbocycles. The van der Waals surface area contributed by atoms with Crippen molar-refractivity contribution < 1.29 is 9.47 Å². The number of thiophene rings is 1. The predicted octanol–water partition coefficient (Wildman–Crippen LogP) is 3.13. The predicted molar refractivity (Wildman–Crippen MR) is 77.2 cm³/mol. The van der Waals surface area contributed by atoms with Crippen LogP contribution in [0.25, 0.3) is 0 Å². The molecule has 1 aromatic heterocycles. The first-order chi connectivity index (χ1) is 9.31. The molecule has 3 rings (SSSR count). The Morgan fingerprint density at radius 1 is 1.37 bits per heavy atom. The van der Waals surface area contributed by atoms with Crippen molar-refractivity contribution in [1.82, 2.24) is 0 Å². The van der Waals surface area contributed by atoms with Gasteiger partial charge in [-0.1, -0.05) is 18.2 Å². The zero-order valence-electron chi connectivity index (χ0n) is 10.9. The van der Waals surface area contributed by atoms with Crippen molar-refractivity contribution in [3.05, 3.63) is 45.6 Å². The maximum Gasteiger partial charge on any atom is 0.134 e. The molecule has 100 valence electrons. The molecule has 0 radical (unpaired) electrons. The number of fused-ring (bicyclic) bond motifs is 1. The molecule has 2 aromatic rings. The number of hydrogen-bond donors (Lipinski definition) is 1. The maximum atomic E-state index is 6.41. The van der Waals surface area contributed by atoms with Gasteiger partial charge >= 0.3 is 0 Å². The van der Waals surface area contributed by atoms with Crippen LogP contribution in [-0.4, -0.2) is 13.7 Å². The molecule has 1 aliphatic rings. The standard InChI is InChI=1S/C15H17NO2S/c1-17-12-7-9-19-15(12)13(16)11-6-2-4-10-5-3-8-18-14(10)11/h2,4,6-7,9,13H,3,5,8,16H2,1H3. The van der Waals surface area contributed by atoms with Crippen LogP contribution in [-0.2, 0) is 6.42 Å². The normalized spacial score (nSPS) is 15.5. The van der Waals surface area contributed by atoms with Crippen molar-refractivity contribution in [3.63, 3.8) is 0 Å². The van der Waals surface area contributed by atoms with E-state index in [9.17, 15) is 0 Å². The van der Waals surface area contributed by atoms with Gasteiger partial charge < -0.3 is 15.2 Å². The lowest BCUT2D eigenvalue weighted by Gasteiger charge is -2.23. The highest BCUT2D eigenvalue weighted by Gasteiger charge is 2.22. The number of methoxy groups -OCH3 is 1. The second kappa shape index (κ2) is 5.23. The second-order valence-electron chi connectivity index (χ2n) is 4.62. The summed E-state index contributed by atoms with van der Waals surface area (Å²) in [5, 5.41) is 2.00. The Labute approximate surface area is 117 Å². The van der Waals surface area contributed by atoms with E-state index in [-0.39, 0.29) is 6.04 Å². The third kappa shape index (κ3) is 2.22. The summed E-state index contributed by atoms with van der Waals surface area (Å²) in [5.41, 5.74) is 8.72. The lowest BCUT2D eigenvalue weighted by Crippen LogP contribution is -2.17. The van der Waals surface area contributed by atoms with Crippen LogP contribution < -0.4 is 15.2 Å². The van der Waals surface area contributed by atoms with Crippen LogP contribution in [0.15, 0.2) is 29.6 Å². The Morgan fingerprint density at radius 3 is 3.11 bits per heavy atom. The fourth-order valence-corrected chi connectivity index (χ4v) is 3.38. The molecule has 4 heteroatoms. The highest BCUT2D eigenvalue weighted by Crippen LogP contribution is 2.39. The van der Waals surface area contributed by atoms with Crippen LogP contribution in [0.2, 0.25) is 0 Å². The Bertz CT molecular complexity index is 579.